The molecule has 3 N–H and O–H groups in total. The molecule has 1 atom stereocenters. The van der Waals surface area contributed by atoms with Crippen molar-refractivity contribution in [1.82, 2.24) is 0 Å². The van der Waals surface area contributed by atoms with Gasteiger partial charge in [0.25, 0.3) is 5.09 Å². The molecule has 1 unspecified atom stereocenters. The summed E-state index contributed by atoms with van der Waals surface area (Å²) < 4.78 is 17.7. The second-order valence-electron chi connectivity index (χ2n) is 0.804. The Morgan fingerprint density at radius 1 is 1.75 bits per heavy atom. The highest BCUT2D eigenvalue weighted by atomic mass is 32.2. The second-order valence-corrected chi connectivity index (χ2v) is 1.69. The minimum absolute atomic E-state index is 0.889. The van der Waals surface area contributed by atoms with Crippen molar-refractivity contribution < 1.29 is 13.9 Å². The van der Waals surface area contributed by atoms with E-state index in [9.17, 15) is 4.21 Å². The van der Waals surface area contributed by atoms with Gasteiger partial charge in [-0.25, -0.2) is 4.21 Å². The SMILES string of the molecule is N=C=C=C(O)S(=O)O. The summed E-state index contributed by atoms with van der Waals surface area (Å²) >= 11 is -2.43. The van der Waals surface area contributed by atoms with Crippen molar-refractivity contribution in [2.24, 2.45) is 0 Å². The highest BCUT2D eigenvalue weighted by molar-refractivity contribution is 7.83. The van der Waals surface area contributed by atoms with Crippen molar-refractivity contribution in [2.75, 3.05) is 0 Å². The van der Waals surface area contributed by atoms with Crippen molar-refractivity contribution in [2.45, 2.75) is 0 Å². The van der Waals surface area contributed by atoms with Crippen LogP contribution in [0.2, 0.25) is 0 Å². The molecule has 0 spiro atoms. The Morgan fingerprint density at radius 2 is 2.25 bits per heavy atom. The first-order chi connectivity index (χ1) is 3.68. The Labute approximate surface area is 47.9 Å². The van der Waals surface area contributed by atoms with Crippen LogP contribution in [0, 0.1) is 5.41 Å². The molecule has 0 aliphatic carbocycles. The first-order valence-electron chi connectivity index (χ1n) is 1.53. The van der Waals surface area contributed by atoms with E-state index in [0.717, 1.165) is 0 Å². The van der Waals surface area contributed by atoms with Gasteiger partial charge >= 0.3 is 0 Å². The molecule has 5 heteroatoms. The monoisotopic (exact) mass is 133 g/mol. The predicted molar refractivity (Wildman–Crippen MR) is 28.2 cm³/mol. The number of hydrogen-bond acceptors (Lipinski definition) is 3. The fourth-order valence-electron chi connectivity index (χ4n) is 0.0971. The van der Waals surface area contributed by atoms with E-state index in [1.807, 2.05) is 0 Å². The molecule has 0 heterocycles. The van der Waals surface area contributed by atoms with Crippen molar-refractivity contribution in [3.63, 3.8) is 0 Å². The van der Waals surface area contributed by atoms with Gasteiger partial charge in [-0.15, -0.1) is 0 Å². The third-order valence-corrected chi connectivity index (χ3v) is 0.768. The zero-order valence-corrected chi connectivity index (χ0v) is 4.53. The number of aliphatic hydroxyl groups is 1. The van der Waals surface area contributed by atoms with Crippen molar-refractivity contribution in [3.05, 3.63) is 10.8 Å². The maximum Gasteiger partial charge on any atom is 0.263 e. The molecule has 0 bridgehead atoms. The zero-order valence-electron chi connectivity index (χ0n) is 3.71. The smallest absolute Gasteiger partial charge is 0.263 e. The van der Waals surface area contributed by atoms with Gasteiger partial charge in [0.1, 0.15) is 0 Å². The molecule has 0 amide bonds. The van der Waals surface area contributed by atoms with E-state index in [2.05, 4.69) is 0 Å². The van der Waals surface area contributed by atoms with Crippen LogP contribution in [-0.4, -0.2) is 19.7 Å². The van der Waals surface area contributed by atoms with Gasteiger partial charge in [0.15, 0.2) is 0 Å². The molecule has 0 aromatic heterocycles. The lowest BCUT2D eigenvalue weighted by Crippen LogP contribution is -1.87. The predicted octanol–water partition coefficient (Wildman–Crippen LogP) is 0.0111. The molecule has 44 valence electrons. The Balaban J connectivity index is 4.48. The third-order valence-electron chi connectivity index (χ3n) is 0.335. The Kier molecular flexibility index (Phi) is 2.84. The topological polar surface area (TPSA) is 81.4 Å². The summed E-state index contributed by atoms with van der Waals surface area (Å²) in [6.07, 6.45) is 0. The molecular formula is C3H3NO3S. The lowest BCUT2D eigenvalue weighted by Gasteiger charge is -1.80. The van der Waals surface area contributed by atoms with Crippen LogP contribution in [0.5, 0.6) is 0 Å². The van der Waals surface area contributed by atoms with Crippen LogP contribution in [0.15, 0.2) is 10.8 Å². The molecule has 0 aliphatic rings. The van der Waals surface area contributed by atoms with Crippen LogP contribution in [0.1, 0.15) is 0 Å². The molecule has 0 radical (unpaired) electrons. The average molecular weight is 133 g/mol. The van der Waals surface area contributed by atoms with Gasteiger partial charge in [-0.05, 0) is 0 Å². The van der Waals surface area contributed by atoms with Gasteiger partial charge in [0, 0.05) is 11.6 Å². The summed E-state index contributed by atoms with van der Waals surface area (Å²) in [5.41, 5.74) is 1.68. The lowest BCUT2D eigenvalue weighted by atomic mass is 10.9. The first kappa shape index (κ1) is 7.14. The largest absolute Gasteiger partial charge is 0.493 e. The van der Waals surface area contributed by atoms with E-state index in [1.54, 1.807) is 5.73 Å². The lowest BCUT2D eigenvalue weighted by molar-refractivity contribution is 0.434. The number of rotatable bonds is 1. The van der Waals surface area contributed by atoms with E-state index in [4.69, 9.17) is 15.1 Å². The van der Waals surface area contributed by atoms with Gasteiger partial charge in [-0.2, -0.15) is 0 Å². The highest BCUT2D eigenvalue weighted by Crippen LogP contribution is 1.85. The fraction of sp³-hybridized carbons (Fsp3) is 0. The third kappa shape index (κ3) is 2.34. The Morgan fingerprint density at radius 3 is 2.38 bits per heavy atom. The molecule has 0 aromatic rings. The fourth-order valence-corrected chi connectivity index (χ4v) is 0.235. The first-order valence-corrected chi connectivity index (χ1v) is 2.63. The van der Waals surface area contributed by atoms with E-state index in [-0.39, 0.29) is 0 Å². The van der Waals surface area contributed by atoms with Crippen molar-refractivity contribution in [3.8, 4) is 0 Å². The van der Waals surface area contributed by atoms with Crippen LogP contribution < -0.4 is 0 Å². The molecule has 4 nitrogen and oxygen atoms in total. The summed E-state index contributed by atoms with van der Waals surface area (Å²) in [6.45, 7) is 0. The Hall–Kier alpha value is -0.860. The summed E-state index contributed by atoms with van der Waals surface area (Å²) in [4.78, 5) is 0. The van der Waals surface area contributed by atoms with Gasteiger partial charge in [-0.3, -0.25) is 9.96 Å². The average Bonchev–Trinajstić information content (AvgIpc) is 1.67. The number of aliphatic hydroxyl groups excluding tert-OH is 1. The summed E-state index contributed by atoms with van der Waals surface area (Å²) in [7, 11) is 0. The molecule has 0 rings (SSSR count). The van der Waals surface area contributed by atoms with Gasteiger partial charge < -0.3 is 5.11 Å². The molecule has 0 aliphatic heterocycles. The maximum atomic E-state index is 9.73. The van der Waals surface area contributed by atoms with Gasteiger partial charge in [0.05, 0.1) is 0 Å². The molecule has 0 saturated carbocycles. The van der Waals surface area contributed by atoms with E-state index in [1.165, 1.54) is 5.87 Å². The van der Waals surface area contributed by atoms with Crippen LogP contribution in [0.3, 0.4) is 0 Å². The van der Waals surface area contributed by atoms with E-state index >= 15 is 0 Å². The van der Waals surface area contributed by atoms with E-state index < -0.39 is 16.2 Å². The van der Waals surface area contributed by atoms with Crippen LogP contribution in [0.4, 0.5) is 0 Å². The summed E-state index contributed by atoms with van der Waals surface area (Å²) in [5, 5.41) is 13.4. The normalized spacial score (nSPS) is 11.1. The van der Waals surface area contributed by atoms with Crippen molar-refractivity contribution >= 4 is 17.0 Å². The molecule has 8 heavy (non-hydrogen) atoms. The molecule has 0 aromatic carbocycles. The van der Waals surface area contributed by atoms with Crippen LogP contribution >= 0.6 is 0 Å². The summed E-state index contributed by atoms with van der Waals surface area (Å²) in [5.74, 6) is 1.51. The minimum Gasteiger partial charge on any atom is -0.493 e. The summed E-state index contributed by atoms with van der Waals surface area (Å²) in [6, 6.07) is 0. The van der Waals surface area contributed by atoms with Gasteiger partial charge in [0.2, 0.25) is 11.1 Å². The Bertz CT molecular complexity index is 187. The van der Waals surface area contributed by atoms with Crippen LogP contribution in [-0.2, 0) is 11.1 Å². The zero-order chi connectivity index (χ0) is 6.57. The van der Waals surface area contributed by atoms with Crippen LogP contribution in [0.25, 0.3) is 0 Å². The second kappa shape index (κ2) is 3.18. The minimum atomic E-state index is -2.43. The quantitative estimate of drug-likeness (QED) is 0.204. The number of nitrogens with one attached hydrogen (secondary N) is 1. The van der Waals surface area contributed by atoms with E-state index in [0.29, 0.717) is 0 Å². The molecular weight excluding hydrogens is 130 g/mol. The van der Waals surface area contributed by atoms with Crippen molar-refractivity contribution in [1.29, 1.82) is 5.41 Å². The maximum absolute atomic E-state index is 9.73. The molecule has 0 fully saturated rings. The highest BCUT2D eigenvalue weighted by Gasteiger charge is 1.95. The molecule has 0 saturated heterocycles. The number of hydrogen-bond donors (Lipinski definition) is 3. The standard InChI is InChI=1S/C3H3NO3S/c4-2-1-3(5)8(6)7/h4-5H,(H,6,7). The van der Waals surface area contributed by atoms with Gasteiger partial charge in [-0.1, -0.05) is 0 Å².